The summed E-state index contributed by atoms with van der Waals surface area (Å²) in [6.45, 7) is 53.7. The van der Waals surface area contributed by atoms with E-state index >= 15 is 4.79 Å². The minimum atomic E-state index is -2.43. The number of ketones is 1. The van der Waals surface area contributed by atoms with Gasteiger partial charge in [0.1, 0.15) is 23.6 Å². The standard InChI is InChI=1S/C68H122O13Si4/c1-27-43(2)60(78-82(17,18)19)46(5)33-34-67(70)40-50-32-31-45(4)59(76-57-38-55(71-15)62(48(7)74-57)77-58-39-56(72-16)63(49(8)75-58)80-85(25,26)66(12,13)14)44(3)29-28-30-52-42-73-64-61(79-84(23,24)65(9,10)11)47(6)35-53(54(69)37-51(36-50)41-67)68(52,64)81-83(20,21)22/h28-31,33-35,43-44,46,48-51,53,55-64,70H,27,32,36-42H2,1-26H3/b29-28+,34-33-,45-31+,52-30+/t43-,44-,46-,48-,49-,50+,51+,53-,55-,56-,57-,58-,59-,60+,61+,62-,63-,64+,67?,68+/m0/s1/i33+2. The second-order valence-electron chi connectivity index (χ2n) is 32.1. The highest BCUT2D eigenvalue weighted by Crippen LogP contribution is 2.53. The fourth-order valence-electron chi connectivity index (χ4n) is 13.7. The van der Waals surface area contributed by atoms with Crippen LogP contribution in [0.4, 0.5) is 0 Å². The highest BCUT2D eigenvalue weighted by atomic mass is 28.4. The van der Waals surface area contributed by atoms with E-state index in [-0.39, 0.29) is 76.2 Å². The summed E-state index contributed by atoms with van der Waals surface area (Å²) in [5.41, 5.74) is 0.805. The number of methoxy groups -OCH3 is 2. The molecule has 13 nitrogen and oxygen atoms in total. The van der Waals surface area contributed by atoms with E-state index < -0.39 is 87.4 Å². The Bertz CT molecular complexity index is 2380. The van der Waals surface area contributed by atoms with Gasteiger partial charge in [-0.15, -0.1) is 0 Å². The average molecular weight is 1260 g/mol. The SMILES string of the molecule is CC[C@H](C)[C@@H](O[Si](C)(C)C)[C@@H](C)/[14CH]=C\C1(O)C[C@@H]2C/C=C(\C)[C@@H](O[C@H]3C[C@H](OC)[C@@H](O[C@H]4C[C@H](OC)[C@@H](O[Si](C)(C)C(C)(C)C)[C@H](C)O4)[C@H](C)O3)[C@@H](C)/C=C/C=C3\CO[C@@H]4[C@H](O[Si](C)(C)C(C)(C)C)C(C)=C[C@@H](C(=O)C[C@@H](C2)C1)[C@]34O[Si](C)(C)C. The molecule has 0 aromatic heterocycles. The zero-order chi connectivity index (χ0) is 63.8. The van der Waals surface area contributed by atoms with E-state index in [1.54, 1.807) is 14.2 Å². The fourth-order valence-corrected chi connectivity index (χ4v) is 19.0. The first-order valence-corrected chi connectivity index (χ1v) is 45.4. The molecule has 0 aromatic rings. The Kier molecular flexibility index (Phi) is 24.3. The normalized spacial score (nSPS) is 38.8. The van der Waals surface area contributed by atoms with Crippen molar-refractivity contribution in [1.29, 1.82) is 0 Å². The molecule has 3 aliphatic heterocycles. The zero-order valence-electron chi connectivity index (χ0n) is 58.1. The number of carbonyl (C=O) groups is 1. The number of ether oxygens (including phenoxy) is 7. The van der Waals surface area contributed by atoms with Crippen molar-refractivity contribution in [2.75, 3.05) is 20.8 Å². The summed E-state index contributed by atoms with van der Waals surface area (Å²) < 4.78 is 75.7. The molecule has 85 heavy (non-hydrogen) atoms. The van der Waals surface area contributed by atoms with Gasteiger partial charge in [0.05, 0.1) is 67.0 Å². The van der Waals surface area contributed by atoms with Crippen molar-refractivity contribution in [1.82, 2.24) is 0 Å². The van der Waals surface area contributed by atoms with Crippen molar-refractivity contribution in [2.45, 2.75) is 309 Å². The van der Waals surface area contributed by atoms with E-state index in [1.807, 2.05) is 6.92 Å². The van der Waals surface area contributed by atoms with Gasteiger partial charge in [0, 0.05) is 39.4 Å². The summed E-state index contributed by atoms with van der Waals surface area (Å²) in [5.74, 6) is -0.168. The Morgan fingerprint density at radius 2 is 1.33 bits per heavy atom. The van der Waals surface area contributed by atoms with Gasteiger partial charge >= 0.3 is 0 Å². The number of fused-ring (bicyclic) bond motifs is 2. The van der Waals surface area contributed by atoms with Crippen molar-refractivity contribution >= 4 is 39.1 Å². The lowest BCUT2D eigenvalue weighted by Crippen LogP contribution is -2.63. The molecule has 1 unspecified atom stereocenters. The molecule has 0 spiro atoms. The number of hydrogen-bond donors (Lipinski definition) is 1. The fraction of sp³-hybridized carbons (Fsp3) is 0.838. The van der Waals surface area contributed by atoms with Crippen molar-refractivity contribution in [2.24, 2.45) is 35.5 Å². The van der Waals surface area contributed by atoms with Gasteiger partial charge in [0.15, 0.2) is 45.8 Å². The maximum atomic E-state index is 15.8. The molecule has 0 aromatic carbocycles. The Balaban J connectivity index is 1.38. The molecule has 4 fully saturated rings. The molecule has 6 rings (SSSR count). The smallest absolute Gasteiger partial charge is 0.193 e. The maximum absolute atomic E-state index is 15.8. The zero-order valence-corrected chi connectivity index (χ0v) is 62.1. The van der Waals surface area contributed by atoms with Crippen LogP contribution in [-0.2, 0) is 55.7 Å². The molecule has 6 aliphatic rings. The Hall–Kier alpha value is -1.24. The Morgan fingerprint density at radius 1 is 0.765 bits per heavy atom. The van der Waals surface area contributed by atoms with Crippen molar-refractivity contribution < 1.29 is 60.8 Å². The quantitative estimate of drug-likeness (QED) is 0.0970. The van der Waals surface area contributed by atoms with E-state index in [0.717, 1.165) is 29.6 Å². The van der Waals surface area contributed by atoms with Crippen LogP contribution in [0.15, 0.2) is 59.3 Å². The van der Waals surface area contributed by atoms with E-state index in [1.165, 1.54) is 0 Å². The van der Waals surface area contributed by atoms with Crippen LogP contribution in [0.1, 0.15) is 148 Å². The summed E-state index contributed by atoms with van der Waals surface area (Å²) in [4.78, 5) is 15.8. The van der Waals surface area contributed by atoms with Gasteiger partial charge in [-0.2, -0.15) is 0 Å². The van der Waals surface area contributed by atoms with Crippen LogP contribution in [0.2, 0.25) is 75.5 Å². The number of hydrogen-bond acceptors (Lipinski definition) is 13. The summed E-state index contributed by atoms with van der Waals surface area (Å²) in [6.07, 6.45) is 15.9. The number of Topliss-reactive ketones (excluding diaryl/α,β-unsaturated/α-hetero) is 1. The molecule has 1 N–H and O–H groups in total. The van der Waals surface area contributed by atoms with Gasteiger partial charge in [-0.25, -0.2) is 0 Å². The molecule has 3 heterocycles. The molecular weight excluding hydrogens is 1140 g/mol. The topological polar surface area (TPSA) is 139 Å². The van der Waals surface area contributed by atoms with Crippen LogP contribution >= 0.6 is 0 Å². The minimum absolute atomic E-state index is 0.0377. The lowest BCUT2D eigenvalue weighted by atomic mass is 9.65. The second kappa shape index (κ2) is 28.3. The lowest BCUT2D eigenvalue weighted by Gasteiger charge is -2.51. The Morgan fingerprint density at radius 3 is 1.89 bits per heavy atom. The molecule has 2 bridgehead atoms. The van der Waals surface area contributed by atoms with E-state index in [4.69, 9.17) is 50.9 Å². The number of carbonyl (C=O) groups excluding carboxylic acids is 1. The first-order valence-electron chi connectivity index (χ1n) is 32.8. The number of allylic oxidation sites excluding steroid dienone is 3. The molecule has 3 saturated heterocycles. The molecule has 0 amide bonds. The van der Waals surface area contributed by atoms with Crippen molar-refractivity contribution in [3.05, 3.63) is 59.3 Å². The van der Waals surface area contributed by atoms with E-state index in [0.29, 0.717) is 51.0 Å². The molecular formula is C68H122O13Si4. The minimum Gasteiger partial charge on any atom is -0.414 e. The molecule has 3 aliphatic carbocycles. The third-order valence-electron chi connectivity index (χ3n) is 20.5. The predicted molar refractivity (Wildman–Crippen MR) is 354 cm³/mol. The van der Waals surface area contributed by atoms with Gasteiger partial charge in [0.25, 0.3) is 0 Å². The van der Waals surface area contributed by atoms with Crippen LogP contribution in [-0.4, -0.2) is 150 Å². The van der Waals surface area contributed by atoms with Crippen molar-refractivity contribution in [3.63, 3.8) is 0 Å². The van der Waals surface area contributed by atoms with E-state index in [2.05, 4.69) is 198 Å². The van der Waals surface area contributed by atoms with Crippen molar-refractivity contribution in [3.8, 4) is 0 Å². The maximum Gasteiger partial charge on any atom is 0.193 e. The lowest BCUT2D eigenvalue weighted by molar-refractivity contribution is -0.317. The van der Waals surface area contributed by atoms with Gasteiger partial charge in [-0.3, -0.25) is 4.79 Å². The predicted octanol–water partition coefficient (Wildman–Crippen LogP) is 15.4. The summed E-state index contributed by atoms with van der Waals surface area (Å²) in [7, 11) is -5.31. The second-order valence-corrected chi connectivity index (χ2v) is 50.5. The monoisotopic (exact) mass is 1260 g/mol. The first-order chi connectivity index (χ1) is 39.1. The third-order valence-corrected chi connectivity index (χ3v) is 31.3. The molecule has 17 heteroatoms. The molecule has 20 atom stereocenters. The van der Waals surface area contributed by atoms with Gasteiger partial charge in [0.2, 0.25) is 0 Å². The van der Waals surface area contributed by atoms with Gasteiger partial charge in [-0.05, 0) is 169 Å². The molecule has 1 saturated carbocycles. The van der Waals surface area contributed by atoms with Crippen LogP contribution in [0.5, 0.6) is 0 Å². The summed E-state index contributed by atoms with van der Waals surface area (Å²) in [5, 5.41) is 13.0. The van der Waals surface area contributed by atoms with Crippen LogP contribution in [0, 0.1) is 35.5 Å². The summed E-state index contributed by atoms with van der Waals surface area (Å²) >= 11 is 0. The first kappa shape index (κ1) is 72.8. The van der Waals surface area contributed by atoms with Crippen LogP contribution in [0.3, 0.4) is 0 Å². The van der Waals surface area contributed by atoms with Crippen LogP contribution < -0.4 is 0 Å². The van der Waals surface area contributed by atoms with Gasteiger partial charge in [-0.1, -0.05) is 118 Å². The average Bonchev–Trinajstić information content (AvgIpc) is 1.70. The third kappa shape index (κ3) is 17.9. The largest absolute Gasteiger partial charge is 0.414 e. The van der Waals surface area contributed by atoms with E-state index in [9.17, 15) is 5.11 Å². The van der Waals surface area contributed by atoms with Crippen LogP contribution in [0.25, 0.3) is 0 Å². The summed E-state index contributed by atoms with van der Waals surface area (Å²) in [6, 6.07) is 0. The highest BCUT2D eigenvalue weighted by Gasteiger charge is 2.63. The van der Waals surface area contributed by atoms with Gasteiger partial charge < -0.3 is 56.0 Å². The molecule has 488 valence electrons. The number of rotatable bonds is 19. The highest BCUT2D eigenvalue weighted by molar-refractivity contribution is 6.74. The molecule has 0 radical (unpaired) electrons. The number of aliphatic hydroxyl groups is 1. The Labute approximate surface area is 521 Å².